The van der Waals surface area contributed by atoms with E-state index in [1.54, 1.807) is 0 Å². The fraction of sp³-hybridized carbons (Fsp3) is 0.375. The Labute approximate surface area is 132 Å². The van der Waals surface area contributed by atoms with Gasteiger partial charge in [0, 0.05) is 22.1 Å². The summed E-state index contributed by atoms with van der Waals surface area (Å²) in [6.45, 7) is 2.01. The number of halogens is 1. The molecular formula is C16H18BrN3O. The zero-order valence-corrected chi connectivity index (χ0v) is 13.5. The molecule has 0 unspecified atom stereocenters. The van der Waals surface area contributed by atoms with Crippen LogP contribution in [-0.2, 0) is 6.42 Å². The number of aromatic nitrogens is 2. The molecule has 1 saturated carbocycles. The van der Waals surface area contributed by atoms with Gasteiger partial charge in [-0.05, 0) is 49.9 Å². The minimum atomic E-state index is -0.109. The van der Waals surface area contributed by atoms with Crippen LogP contribution in [-0.4, -0.2) is 22.1 Å². The van der Waals surface area contributed by atoms with Crippen molar-refractivity contribution in [1.82, 2.24) is 15.5 Å². The van der Waals surface area contributed by atoms with E-state index >= 15 is 0 Å². The average molecular weight is 348 g/mol. The molecule has 0 spiro atoms. The standard InChI is InChI=1S/C16H18BrN3O/c1-10(8-11-2-6-13(17)7-3-11)18-16(21)15-9-14(19-20-15)12-4-5-12/h2-3,6-7,9-10,12H,4-5,8H2,1H3,(H,18,21)(H,19,20)/t10-/m0/s1. The highest BCUT2D eigenvalue weighted by Crippen LogP contribution is 2.38. The van der Waals surface area contributed by atoms with Crippen LogP contribution in [0, 0.1) is 0 Å². The molecule has 4 nitrogen and oxygen atoms in total. The van der Waals surface area contributed by atoms with E-state index in [4.69, 9.17) is 0 Å². The maximum atomic E-state index is 12.2. The van der Waals surface area contributed by atoms with Crippen LogP contribution in [0.15, 0.2) is 34.8 Å². The van der Waals surface area contributed by atoms with E-state index in [2.05, 4.69) is 43.6 Å². The van der Waals surface area contributed by atoms with Crippen molar-refractivity contribution in [3.63, 3.8) is 0 Å². The van der Waals surface area contributed by atoms with Crippen molar-refractivity contribution >= 4 is 21.8 Å². The first-order chi connectivity index (χ1) is 10.1. The summed E-state index contributed by atoms with van der Waals surface area (Å²) < 4.78 is 1.06. The predicted octanol–water partition coefficient (Wildman–Crippen LogP) is 3.41. The highest BCUT2D eigenvalue weighted by Gasteiger charge is 2.26. The molecule has 0 saturated heterocycles. The van der Waals surface area contributed by atoms with E-state index < -0.39 is 0 Å². The van der Waals surface area contributed by atoms with Crippen LogP contribution in [0.1, 0.15) is 47.4 Å². The number of nitrogens with zero attached hydrogens (tertiary/aromatic N) is 1. The lowest BCUT2D eigenvalue weighted by Gasteiger charge is -2.13. The van der Waals surface area contributed by atoms with Crippen molar-refractivity contribution in [1.29, 1.82) is 0 Å². The molecule has 0 bridgehead atoms. The molecule has 21 heavy (non-hydrogen) atoms. The third kappa shape index (κ3) is 3.73. The molecule has 3 rings (SSSR count). The van der Waals surface area contributed by atoms with Crippen LogP contribution in [0.25, 0.3) is 0 Å². The molecule has 2 N–H and O–H groups in total. The van der Waals surface area contributed by atoms with Crippen molar-refractivity contribution < 1.29 is 4.79 Å². The van der Waals surface area contributed by atoms with Crippen LogP contribution < -0.4 is 5.32 Å². The summed E-state index contributed by atoms with van der Waals surface area (Å²) in [5.41, 5.74) is 2.77. The fourth-order valence-electron chi connectivity index (χ4n) is 2.38. The number of carbonyl (C=O) groups is 1. The lowest BCUT2D eigenvalue weighted by molar-refractivity contribution is 0.0935. The van der Waals surface area contributed by atoms with Gasteiger partial charge in [-0.2, -0.15) is 5.10 Å². The SMILES string of the molecule is C[C@@H](Cc1ccc(Br)cc1)NC(=O)c1cc(C2CC2)[nH]n1. The molecule has 1 atom stereocenters. The van der Waals surface area contributed by atoms with Gasteiger partial charge in [-0.3, -0.25) is 9.89 Å². The second-order valence-electron chi connectivity index (χ2n) is 5.69. The molecule has 0 radical (unpaired) electrons. The molecule has 1 fully saturated rings. The van der Waals surface area contributed by atoms with Crippen molar-refractivity contribution in [2.75, 3.05) is 0 Å². The summed E-state index contributed by atoms with van der Waals surface area (Å²) in [4.78, 5) is 12.2. The van der Waals surface area contributed by atoms with Crippen LogP contribution in [0.4, 0.5) is 0 Å². The molecule has 110 valence electrons. The summed E-state index contributed by atoms with van der Waals surface area (Å²) in [7, 11) is 0. The summed E-state index contributed by atoms with van der Waals surface area (Å²) >= 11 is 3.42. The van der Waals surface area contributed by atoms with Crippen LogP contribution >= 0.6 is 15.9 Å². The minimum Gasteiger partial charge on any atom is -0.348 e. The smallest absolute Gasteiger partial charge is 0.271 e. The lowest BCUT2D eigenvalue weighted by Crippen LogP contribution is -2.34. The van der Waals surface area contributed by atoms with E-state index in [1.165, 1.54) is 18.4 Å². The zero-order valence-electron chi connectivity index (χ0n) is 11.9. The summed E-state index contributed by atoms with van der Waals surface area (Å²) in [6, 6.07) is 10.1. The normalized spacial score (nSPS) is 15.7. The van der Waals surface area contributed by atoms with Crippen LogP contribution in [0.3, 0.4) is 0 Å². The zero-order chi connectivity index (χ0) is 14.8. The number of nitrogens with one attached hydrogen (secondary N) is 2. The molecule has 1 aliphatic rings. The van der Waals surface area contributed by atoms with Gasteiger partial charge in [-0.1, -0.05) is 28.1 Å². The Hall–Kier alpha value is -1.62. The first-order valence-electron chi connectivity index (χ1n) is 7.22. The molecule has 1 amide bonds. The molecule has 0 aliphatic heterocycles. The monoisotopic (exact) mass is 347 g/mol. The Balaban J connectivity index is 1.56. The highest BCUT2D eigenvalue weighted by molar-refractivity contribution is 9.10. The van der Waals surface area contributed by atoms with Crippen molar-refractivity contribution in [2.24, 2.45) is 0 Å². The van der Waals surface area contributed by atoms with Crippen LogP contribution in [0.2, 0.25) is 0 Å². The third-order valence-corrected chi connectivity index (χ3v) is 4.21. The first-order valence-corrected chi connectivity index (χ1v) is 8.02. The summed E-state index contributed by atoms with van der Waals surface area (Å²) in [5, 5.41) is 10.1. The van der Waals surface area contributed by atoms with E-state index in [1.807, 2.05) is 25.1 Å². The van der Waals surface area contributed by atoms with Crippen molar-refractivity contribution in [3.8, 4) is 0 Å². The van der Waals surface area contributed by atoms with E-state index in [0.717, 1.165) is 16.6 Å². The van der Waals surface area contributed by atoms with Gasteiger partial charge in [0.15, 0.2) is 0 Å². The lowest BCUT2D eigenvalue weighted by atomic mass is 10.1. The molecule has 2 aromatic rings. The van der Waals surface area contributed by atoms with Gasteiger partial charge in [-0.25, -0.2) is 0 Å². The number of hydrogen-bond donors (Lipinski definition) is 2. The van der Waals surface area contributed by atoms with Gasteiger partial charge < -0.3 is 5.32 Å². The van der Waals surface area contributed by atoms with E-state index in [-0.39, 0.29) is 11.9 Å². The summed E-state index contributed by atoms with van der Waals surface area (Å²) in [6.07, 6.45) is 3.20. The Morgan fingerprint density at radius 3 is 2.81 bits per heavy atom. The van der Waals surface area contributed by atoms with Gasteiger partial charge >= 0.3 is 0 Å². The number of hydrogen-bond acceptors (Lipinski definition) is 2. The molecule has 1 heterocycles. The number of carbonyl (C=O) groups excluding carboxylic acids is 1. The molecule has 1 aliphatic carbocycles. The predicted molar refractivity (Wildman–Crippen MR) is 85.3 cm³/mol. The van der Waals surface area contributed by atoms with Gasteiger partial charge in [0.05, 0.1) is 0 Å². The fourth-order valence-corrected chi connectivity index (χ4v) is 2.64. The largest absolute Gasteiger partial charge is 0.348 e. The van der Waals surface area contributed by atoms with Crippen molar-refractivity contribution in [2.45, 2.75) is 38.1 Å². The second kappa shape index (κ2) is 6.02. The number of rotatable bonds is 5. The maximum Gasteiger partial charge on any atom is 0.271 e. The topological polar surface area (TPSA) is 57.8 Å². The van der Waals surface area contributed by atoms with Gasteiger partial charge in [0.2, 0.25) is 0 Å². The minimum absolute atomic E-state index is 0.0692. The third-order valence-electron chi connectivity index (χ3n) is 3.68. The van der Waals surface area contributed by atoms with E-state index in [9.17, 15) is 4.79 Å². The number of aromatic amines is 1. The van der Waals surface area contributed by atoms with Gasteiger partial charge in [0.1, 0.15) is 5.69 Å². The quantitative estimate of drug-likeness (QED) is 0.870. The van der Waals surface area contributed by atoms with Crippen LogP contribution in [0.5, 0.6) is 0 Å². The summed E-state index contributed by atoms with van der Waals surface area (Å²) in [5.74, 6) is 0.474. The average Bonchev–Trinajstić information content (AvgIpc) is 3.18. The maximum absolute atomic E-state index is 12.2. The van der Waals surface area contributed by atoms with Gasteiger partial charge in [0.25, 0.3) is 5.91 Å². The molecule has 1 aromatic carbocycles. The van der Waals surface area contributed by atoms with Gasteiger partial charge in [-0.15, -0.1) is 0 Å². The molecule has 1 aromatic heterocycles. The number of amides is 1. The highest BCUT2D eigenvalue weighted by atomic mass is 79.9. The first kappa shape index (κ1) is 14.3. The molecule has 5 heteroatoms. The van der Waals surface area contributed by atoms with E-state index in [0.29, 0.717) is 11.6 Å². The Morgan fingerprint density at radius 1 is 1.43 bits per heavy atom. The number of benzene rings is 1. The van der Waals surface area contributed by atoms with Crippen molar-refractivity contribution in [3.05, 3.63) is 51.8 Å². The second-order valence-corrected chi connectivity index (χ2v) is 6.60. The Kier molecular flexibility index (Phi) is 4.10. The Bertz CT molecular complexity index is 631. The number of H-pyrrole nitrogens is 1. The molecular weight excluding hydrogens is 330 g/mol. The Morgan fingerprint density at radius 2 is 2.14 bits per heavy atom.